The molecule has 0 atom stereocenters. The van der Waals surface area contributed by atoms with Crippen LogP contribution >= 0.6 is 27.3 Å². The van der Waals surface area contributed by atoms with Crippen molar-refractivity contribution in [1.82, 2.24) is 14.5 Å². The molecule has 8 heteroatoms. The van der Waals surface area contributed by atoms with Crippen LogP contribution in [-0.4, -0.2) is 18.2 Å². The van der Waals surface area contributed by atoms with Crippen LogP contribution in [0.2, 0.25) is 0 Å². The van der Waals surface area contributed by atoms with Gasteiger partial charge in [0.2, 0.25) is 0 Å². The van der Waals surface area contributed by atoms with Gasteiger partial charge in [0.1, 0.15) is 4.21 Å². The van der Waals surface area contributed by atoms with Crippen molar-refractivity contribution >= 4 is 37.3 Å². The molecule has 0 aliphatic rings. The molecule has 5 nitrogen and oxygen atoms in total. The second-order valence-corrected chi connectivity index (χ2v) is 7.09. The standard InChI is InChI=1S/C9H10BrN3O2S2/c1-13-4-2-7(12-13)6-11-17(14,15)9-8(10)3-5-16-9/h2-5,11H,6H2,1H3. The van der Waals surface area contributed by atoms with Crippen LogP contribution in [0.1, 0.15) is 5.69 Å². The maximum absolute atomic E-state index is 11.9. The second-order valence-electron chi connectivity index (χ2n) is 3.36. The SMILES string of the molecule is Cn1ccc(CNS(=O)(=O)c2sccc2Br)n1. The maximum atomic E-state index is 11.9. The minimum atomic E-state index is -3.46. The lowest BCUT2D eigenvalue weighted by molar-refractivity contribution is 0.581. The molecule has 0 spiro atoms. The van der Waals surface area contributed by atoms with E-state index >= 15 is 0 Å². The number of aryl methyl sites for hydroxylation is 1. The van der Waals surface area contributed by atoms with E-state index in [4.69, 9.17) is 0 Å². The first-order chi connectivity index (χ1) is 7.99. The van der Waals surface area contributed by atoms with Crippen molar-refractivity contribution in [3.8, 4) is 0 Å². The molecule has 0 fully saturated rings. The molecule has 2 rings (SSSR count). The van der Waals surface area contributed by atoms with Crippen LogP contribution in [0.5, 0.6) is 0 Å². The molecule has 0 radical (unpaired) electrons. The van der Waals surface area contributed by atoms with Gasteiger partial charge in [-0.15, -0.1) is 11.3 Å². The number of halogens is 1. The Bertz CT molecular complexity index is 618. The maximum Gasteiger partial charge on any atom is 0.251 e. The van der Waals surface area contributed by atoms with Gasteiger partial charge in [-0.25, -0.2) is 13.1 Å². The molecule has 0 unspecified atom stereocenters. The number of rotatable bonds is 4. The molecular formula is C9H10BrN3O2S2. The molecule has 0 amide bonds. The van der Waals surface area contributed by atoms with Gasteiger partial charge in [-0.1, -0.05) is 0 Å². The van der Waals surface area contributed by atoms with E-state index in [0.717, 1.165) is 0 Å². The zero-order chi connectivity index (χ0) is 12.5. The third kappa shape index (κ3) is 2.95. The van der Waals surface area contributed by atoms with Crippen LogP contribution in [0.3, 0.4) is 0 Å². The zero-order valence-electron chi connectivity index (χ0n) is 8.92. The topological polar surface area (TPSA) is 64.0 Å². The van der Waals surface area contributed by atoms with Crippen LogP contribution in [0.15, 0.2) is 32.4 Å². The fourth-order valence-electron chi connectivity index (χ4n) is 1.26. The van der Waals surface area contributed by atoms with Gasteiger partial charge in [-0.05, 0) is 33.4 Å². The summed E-state index contributed by atoms with van der Waals surface area (Å²) >= 11 is 4.38. The van der Waals surface area contributed by atoms with Crippen LogP contribution in [0.25, 0.3) is 0 Å². The summed E-state index contributed by atoms with van der Waals surface area (Å²) in [4.78, 5) is 0. The van der Waals surface area contributed by atoms with E-state index in [1.165, 1.54) is 11.3 Å². The molecule has 1 N–H and O–H groups in total. The largest absolute Gasteiger partial charge is 0.276 e. The Morgan fingerprint density at radius 3 is 2.82 bits per heavy atom. The number of aromatic nitrogens is 2. The Balaban J connectivity index is 2.11. The fourth-order valence-corrected chi connectivity index (χ4v) is 4.64. The van der Waals surface area contributed by atoms with E-state index in [1.54, 1.807) is 35.4 Å². The summed E-state index contributed by atoms with van der Waals surface area (Å²) in [6, 6.07) is 3.48. The van der Waals surface area contributed by atoms with E-state index in [9.17, 15) is 8.42 Å². The van der Waals surface area contributed by atoms with E-state index in [0.29, 0.717) is 10.2 Å². The van der Waals surface area contributed by atoms with Crippen LogP contribution < -0.4 is 4.72 Å². The van der Waals surface area contributed by atoms with E-state index in [2.05, 4.69) is 25.8 Å². The van der Waals surface area contributed by atoms with E-state index in [-0.39, 0.29) is 10.8 Å². The predicted molar refractivity (Wildman–Crippen MR) is 69.3 cm³/mol. The van der Waals surface area contributed by atoms with E-state index < -0.39 is 10.0 Å². The highest BCUT2D eigenvalue weighted by atomic mass is 79.9. The van der Waals surface area contributed by atoms with Gasteiger partial charge in [0.05, 0.1) is 12.2 Å². The van der Waals surface area contributed by atoms with Gasteiger partial charge in [0.15, 0.2) is 0 Å². The van der Waals surface area contributed by atoms with Crippen molar-refractivity contribution in [2.24, 2.45) is 7.05 Å². The smallest absolute Gasteiger partial charge is 0.251 e. The molecule has 0 aromatic carbocycles. The minimum absolute atomic E-state index is 0.188. The fraction of sp³-hybridized carbons (Fsp3) is 0.222. The Labute approximate surface area is 112 Å². The number of sulfonamides is 1. The summed E-state index contributed by atoms with van der Waals surface area (Å²) in [6.45, 7) is 0.188. The van der Waals surface area contributed by atoms with Gasteiger partial charge < -0.3 is 0 Å². The van der Waals surface area contributed by atoms with Crippen molar-refractivity contribution in [2.45, 2.75) is 10.8 Å². The van der Waals surface area contributed by atoms with Gasteiger partial charge in [0.25, 0.3) is 10.0 Å². The molecular weight excluding hydrogens is 326 g/mol. The summed E-state index contributed by atoms with van der Waals surface area (Å²) in [5, 5.41) is 5.82. The average molecular weight is 336 g/mol. The second kappa shape index (κ2) is 4.89. The first kappa shape index (κ1) is 12.7. The number of nitrogens with one attached hydrogen (secondary N) is 1. The molecule has 17 heavy (non-hydrogen) atoms. The lowest BCUT2D eigenvalue weighted by atomic mass is 10.4. The highest BCUT2D eigenvalue weighted by molar-refractivity contribution is 9.10. The first-order valence-electron chi connectivity index (χ1n) is 4.70. The normalized spacial score (nSPS) is 11.9. The van der Waals surface area contributed by atoms with Crippen molar-refractivity contribution in [1.29, 1.82) is 0 Å². The molecule has 0 aliphatic carbocycles. The van der Waals surface area contributed by atoms with Crippen LogP contribution in [0, 0.1) is 0 Å². The Morgan fingerprint density at radius 2 is 2.29 bits per heavy atom. The third-order valence-electron chi connectivity index (χ3n) is 2.04. The number of hydrogen-bond acceptors (Lipinski definition) is 4. The molecule has 0 saturated heterocycles. The Hall–Kier alpha value is -0.700. The van der Waals surface area contributed by atoms with Crippen molar-refractivity contribution < 1.29 is 8.42 Å². The van der Waals surface area contributed by atoms with Crippen LogP contribution in [0.4, 0.5) is 0 Å². The monoisotopic (exact) mass is 335 g/mol. The van der Waals surface area contributed by atoms with Crippen molar-refractivity contribution in [3.63, 3.8) is 0 Å². The summed E-state index contributed by atoms with van der Waals surface area (Å²) < 4.78 is 28.9. The molecule has 0 saturated carbocycles. The quantitative estimate of drug-likeness (QED) is 0.925. The molecule has 2 aromatic rings. The Morgan fingerprint density at radius 1 is 1.53 bits per heavy atom. The molecule has 2 aromatic heterocycles. The highest BCUT2D eigenvalue weighted by Crippen LogP contribution is 2.27. The van der Waals surface area contributed by atoms with Crippen LogP contribution in [-0.2, 0) is 23.6 Å². The number of nitrogens with zero attached hydrogens (tertiary/aromatic N) is 2. The summed E-state index contributed by atoms with van der Waals surface area (Å²) in [6.07, 6.45) is 1.77. The molecule has 0 bridgehead atoms. The lowest BCUT2D eigenvalue weighted by Crippen LogP contribution is -2.23. The predicted octanol–water partition coefficient (Wildman–Crippen LogP) is 1.72. The molecule has 2 heterocycles. The third-order valence-corrected chi connectivity index (χ3v) is 6.11. The Kier molecular flexibility index (Phi) is 3.67. The van der Waals surface area contributed by atoms with Crippen molar-refractivity contribution in [2.75, 3.05) is 0 Å². The highest BCUT2D eigenvalue weighted by Gasteiger charge is 2.18. The van der Waals surface area contributed by atoms with Gasteiger partial charge in [-0.2, -0.15) is 5.10 Å². The lowest BCUT2D eigenvalue weighted by Gasteiger charge is -2.03. The first-order valence-corrected chi connectivity index (χ1v) is 7.86. The number of thiophene rings is 1. The molecule has 92 valence electrons. The summed E-state index contributed by atoms with van der Waals surface area (Å²) in [5.74, 6) is 0. The average Bonchev–Trinajstić information content (AvgIpc) is 2.85. The minimum Gasteiger partial charge on any atom is -0.276 e. The number of hydrogen-bond donors (Lipinski definition) is 1. The zero-order valence-corrected chi connectivity index (χ0v) is 12.1. The summed E-state index contributed by atoms with van der Waals surface area (Å²) in [7, 11) is -1.68. The summed E-state index contributed by atoms with van der Waals surface area (Å²) in [5.41, 5.74) is 0.684. The van der Waals surface area contributed by atoms with Gasteiger partial charge in [0, 0.05) is 17.7 Å². The van der Waals surface area contributed by atoms with Gasteiger partial charge >= 0.3 is 0 Å². The molecule has 0 aliphatic heterocycles. The van der Waals surface area contributed by atoms with Gasteiger partial charge in [-0.3, -0.25) is 4.68 Å². The van der Waals surface area contributed by atoms with Crippen molar-refractivity contribution in [3.05, 3.63) is 33.9 Å². The van der Waals surface area contributed by atoms with E-state index in [1.807, 2.05) is 0 Å².